The van der Waals surface area contributed by atoms with Crippen molar-refractivity contribution in [2.75, 3.05) is 5.32 Å². The van der Waals surface area contributed by atoms with Gasteiger partial charge in [0.05, 0.1) is 0 Å². The van der Waals surface area contributed by atoms with E-state index in [-0.39, 0.29) is 42.4 Å². The Bertz CT molecular complexity index is 1950. The molecule has 12 heteroatoms. The Hall–Kier alpha value is -5.41. The minimum atomic E-state index is -1.63. The van der Waals surface area contributed by atoms with Crippen LogP contribution in [0.4, 0.5) is 5.69 Å². The second kappa shape index (κ2) is 10.6. The first kappa shape index (κ1) is 29.3. The average molecular weight is 621 g/mol. The number of aromatic nitrogens is 2. The number of benzene rings is 2. The van der Waals surface area contributed by atoms with Crippen LogP contribution in [0.15, 0.2) is 69.7 Å². The fraction of sp³-hybridized carbons (Fsp3) is 0.324. The predicted molar refractivity (Wildman–Crippen MR) is 164 cm³/mol. The molecule has 2 aromatic carbocycles. The highest BCUT2D eigenvalue weighted by atomic mass is 16.5. The zero-order valence-electron chi connectivity index (χ0n) is 25.5. The number of nitrogens with zero attached hydrogens (tertiary/aromatic N) is 3. The van der Waals surface area contributed by atoms with E-state index >= 15 is 0 Å². The van der Waals surface area contributed by atoms with Crippen molar-refractivity contribution in [3.8, 4) is 23.4 Å². The number of oxazole rings is 2. The van der Waals surface area contributed by atoms with E-state index in [2.05, 4.69) is 27.5 Å². The van der Waals surface area contributed by atoms with Crippen LogP contribution in [0.5, 0.6) is 5.75 Å². The summed E-state index contributed by atoms with van der Waals surface area (Å²) in [5.74, 6) is -0.0334. The number of rotatable bonds is 6. The lowest BCUT2D eigenvalue weighted by Crippen LogP contribution is -2.55. The van der Waals surface area contributed by atoms with Gasteiger partial charge in [-0.2, -0.15) is 10.2 Å². The number of hydrogen-bond donors (Lipinski definition) is 4. The first-order chi connectivity index (χ1) is 22.1. The third-order valence-corrected chi connectivity index (χ3v) is 9.25. The smallest absolute Gasteiger partial charge is 0.252 e. The van der Waals surface area contributed by atoms with Crippen molar-refractivity contribution in [3.05, 3.63) is 94.9 Å². The molecule has 3 aliphatic heterocycles. The number of hydrogen-bond acceptors (Lipinski definition) is 10. The zero-order chi connectivity index (χ0) is 32.4. The van der Waals surface area contributed by atoms with Gasteiger partial charge in [0.15, 0.2) is 23.4 Å². The highest BCUT2D eigenvalue weighted by Gasteiger charge is 2.61. The topological polar surface area (TPSA) is 176 Å². The third kappa shape index (κ3) is 4.23. The summed E-state index contributed by atoms with van der Waals surface area (Å²) < 4.78 is 19.0. The van der Waals surface area contributed by atoms with E-state index in [0.717, 1.165) is 22.4 Å². The van der Waals surface area contributed by atoms with E-state index in [4.69, 9.17) is 18.6 Å². The summed E-state index contributed by atoms with van der Waals surface area (Å²) in [5, 5.41) is 29.7. The lowest BCUT2D eigenvalue weighted by molar-refractivity contribution is -0.143. The first-order valence-corrected chi connectivity index (χ1v) is 15.1. The summed E-state index contributed by atoms with van der Waals surface area (Å²) >= 11 is 0. The second-order valence-electron chi connectivity index (χ2n) is 12.0. The Morgan fingerprint density at radius 3 is 2.70 bits per heavy atom. The molecule has 4 atom stereocenters. The molecule has 12 nitrogen and oxygen atoms in total. The van der Waals surface area contributed by atoms with Crippen LogP contribution in [-0.4, -0.2) is 44.8 Å². The molecule has 234 valence electrons. The fourth-order valence-electron chi connectivity index (χ4n) is 6.61. The molecule has 0 saturated carbocycles. The van der Waals surface area contributed by atoms with Gasteiger partial charge in [-0.25, -0.2) is 4.98 Å². The molecule has 3 unspecified atom stereocenters. The van der Waals surface area contributed by atoms with Crippen LogP contribution in [0.3, 0.4) is 0 Å². The summed E-state index contributed by atoms with van der Waals surface area (Å²) in [7, 11) is 0. The monoisotopic (exact) mass is 620 g/mol. The molecule has 4 N–H and O–H groups in total. The second-order valence-corrected chi connectivity index (χ2v) is 12.0. The van der Waals surface area contributed by atoms with E-state index in [9.17, 15) is 20.0 Å². The minimum absolute atomic E-state index is 0.0638. The van der Waals surface area contributed by atoms with Crippen LogP contribution in [0.2, 0.25) is 0 Å². The van der Waals surface area contributed by atoms with Gasteiger partial charge >= 0.3 is 0 Å². The Balaban J connectivity index is 1.48. The SMILES string of the molecule is C=C(C)C1NC(=O)[C@@H](NC(=O)C(O)(CC)CC)Cc2ccc3c(c2)C2(c4ccccc4NC2O3)c2oc1nc2-c1nc(C#N)co1. The van der Waals surface area contributed by atoms with Crippen molar-refractivity contribution in [2.24, 2.45) is 0 Å². The van der Waals surface area contributed by atoms with Crippen LogP contribution in [0.1, 0.15) is 73.7 Å². The maximum atomic E-state index is 14.0. The lowest BCUT2D eigenvalue weighted by Gasteiger charge is -2.29. The third-order valence-electron chi connectivity index (χ3n) is 9.25. The number of fused-ring (bicyclic) bond motifs is 4. The number of aliphatic hydroxyl groups is 1. The standard InChI is InChI=1S/C34H32N6O6/c1-5-33(43,6-2)31(42)37-23-14-18-11-12-24-21(13-18)34(20-9-7-8-10-22(20)38-32(34)45-24)27-26(29-36-19(15-35)16-44-29)40-30(46-27)25(17(3)4)39-28(23)41/h7-13,16,23,25,32,38,43H,3,5-6,14H2,1-2,4H3,(H,37,42)(H,39,41)/t23-,25?,32?,34?/m0/s1. The summed E-state index contributed by atoms with van der Waals surface area (Å²) in [5.41, 5.74) is 1.27. The average Bonchev–Trinajstić information content (AvgIpc) is 3.83. The number of nitriles is 1. The van der Waals surface area contributed by atoms with E-state index in [1.165, 1.54) is 6.26 Å². The number of carbonyl (C=O) groups excluding carboxylic acids is 2. The molecule has 0 fully saturated rings. The Labute approximate surface area is 264 Å². The summed E-state index contributed by atoms with van der Waals surface area (Å²) in [6.07, 6.45) is 1.08. The number of anilines is 1. The number of nitrogens with one attached hydrogen (secondary N) is 3. The van der Waals surface area contributed by atoms with Gasteiger partial charge < -0.3 is 34.6 Å². The van der Waals surface area contributed by atoms with Gasteiger partial charge in [-0.3, -0.25) is 9.59 Å². The van der Waals surface area contributed by atoms with Gasteiger partial charge in [0, 0.05) is 17.7 Å². The van der Waals surface area contributed by atoms with Crippen LogP contribution in [-0.2, 0) is 21.4 Å². The van der Waals surface area contributed by atoms with E-state index in [1.54, 1.807) is 20.8 Å². The van der Waals surface area contributed by atoms with Crippen LogP contribution in [0.25, 0.3) is 11.6 Å². The normalized spacial score (nSPS) is 22.6. The minimum Gasteiger partial charge on any atom is -0.469 e. The van der Waals surface area contributed by atoms with Crippen LogP contribution in [0, 0.1) is 11.3 Å². The van der Waals surface area contributed by atoms with Crippen molar-refractivity contribution in [3.63, 3.8) is 0 Å². The van der Waals surface area contributed by atoms with Crippen molar-refractivity contribution >= 4 is 17.5 Å². The quantitative estimate of drug-likeness (QED) is 0.231. The molecule has 0 radical (unpaired) electrons. The Kier molecular flexibility index (Phi) is 6.75. The molecule has 4 aromatic rings. The molecule has 2 aromatic heterocycles. The Morgan fingerprint density at radius 1 is 1.20 bits per heavy atom. The predicted octanol–water partition coefficient (Wildman–Crippen LogP) is 4.01. The number of amides is 2. The number of carbonyl (C=O) groups is 2. The Morgan fingerprint density at radius 2 is 1.98 bits per heavy atom. The molecule has 2 amide bonds. The molecule has 46 heavy (non-hydrogen) atoms. The molecular weight excluding hydrogens is 588 g/mol. The van der Waals surface area contributed by atoms with Crippen molar-refractivity contribution in [1.29, 1.82) is 5.26 Å². The van der Waals surface area contributed by atoms with E-state index < -0.39 is 41.1 Å². The van der Waals surface area contributed by atoms with Crippen molar-refractivity contribution < 1.29 is 28.3 Å². The zero-order valence-corrected chi connectivity index (χ0v) is 25.5. The molecule has 5 heterocycles. The van der Waals surface area contributed by atoms with Gasteiger partial charge in [0.2, 0.25) is 17.7 Å². The van der Waals surface area contributed by atoms with Crippen LogP contribution < -0.4 is 20.7 Å². The number of ether oxygens (including phenoxy) is 1. The maximum Gasteiger partial charge on any atom is 0.252 e. The van der Waals surface area contributed by atoms with E-state index in [0.29, 0.717) is 17.1 Å². The summed E-state index contributed by atoms with van der Waals surface area (Å²) in [6, 6.07) is 13.4. The summed E-state index contributed by atoms with van der Waals surface area (Å²) in [6.45, 7) is 9.26. The molecule has 0 aliphatic carbocycles. The lowest BCUT2D eigenvalue weighted by atomic mass is 9.72. The van der Waals surface area contributed by atoms with Crippen LogP contribution >= 0.6 is 0 Å². The van der Waals surface area contributed by atoms with Gasteiger partial charge in [-0.15, -0.1) is 0 Å². The largest absolute Gasteiger partial charge is 0.469 e. The van der Waals surface area contributed by atoms with Gasteiger partial charge in [0.1, 0.15) is 41.2 Å². The maximum absolute atomic E-state index is 14.0. The molecule has 3 aliphatic rings. The molecule has 0 saturated heterocycles. The van der Waals surface area contributed by atoms with E-state index in [1.807, 2.05) is 48.5 Å². The first-order valence-electron chi connectivity index (χ1n) is 15.1. The van der Waals surface area contributed by atoms with Gasteiger partial charge in [0.25, 0.3) is 5.91 Å². The van der Waals surface area contributed by atoms with Gasteiger partial charge in [-0.1, -0.05) is 50.8 Å². The highest BCUT2D eigenvalue weighted by Crippen LogP contribution is 2.59. The fourth-order valence-corrected chi connectivity index (χ4v) is 6.61. The number of para-hydroxylation sites is 1. The van der Waals surface area contributed by atoms with Gasteiger partial charge in [-0.05, 0) is 48.6 Å². The molecular formula is C34H32N6O6. The van der Waals surface area contributed by atoms with Crippen molar-refractivity contribution in [1.82, 2.24) is 20.6 Å². The molecule has 4 bridgehead atoms. The highest BCUT2D eigenvalue weighted by molar-refractivity contribution is 5.92. The van der Waals surface area contributed by atoms with Crippen molar-refractivity contribution in [2.45, 2.75) is 69.4 Å². The molecule has 7 rings (SSSR count). The molecule has 1 spiro atoms. The summed E-state index contributed by atoms with van der Waals surface area (Å²) in [4.78, 5) is 36.5.